The molecule has 180 valence electrons. The van der Waals surface area contributed by atoms with Crippen LogP contribution >= 0.6 is 0 Å². The molecule has 0 radical (unpaired) electrons. The third-order valence-corrected chi connectivity index (χ3v) is 6.48. The summed E-state index contributed by atoms with van der Waals surface area (Å²) in [6, 6.07) is 5.88. The molecule has 0 aromatic carbocycles. The molecule has 4 aromatic rings. The van der Waals surface area contributed by atoms with Gasteiger partial charge in [0.2, 0.25) is 5.91 Å². The van der Waals surface area contributed by atoms with Gasteiger partial charge in [0.1, 0.15) is 5.65 Å². The minimum Gasteiger partial charge on any atom is -0.338 e. The molecule has 1 atom stereocenters. The lowest BCUT2D eigenvalue weighted by molar-refractivity contribution is -0.117. The van der Waals surface area contributed by atoms with Gasteiger partial charge in [-0.1, -0.05) is 0 Å². The second-order valence-electron chi connectivity index (χ2n) is 9.06. The molecule has 4 aromatic heterocycles. The van der Waals surface area contributed by atoms with Crippen LogP contribution in [0.5, 0.6) is 0 Å². The molecule has 10 nitrogen and oxygen atoms in total. The predicted octanol–water partition coefficient (Wildman–Crippen LogP) is 3.34. The van der Waals surface area contributed by atoms with Crippen LogP contribution in [0.1, 0.15) is 35.8 Å². The molecule has 1 saturated heterocycles. The zero-order chi connectivity index (χ0) is 24.5. The van der Waals surface area contributed by atoms with Crippen molar-refractivity contribution < 1.29 is 9.59 Å². The zero-order valence-electron chi connectivity index (χ0n) is 20.0. The van der Waals surface area contributed by atoms with Gasteiger partial charge in [-0.05, 0) is 51.4 Å². The Kier molecular flexibility index (Phi) is 6.04. The first-order chi connectivity index (χ1) is 16.9. The minimum atomic E-state index is -0.304. The van der Waals surface area contributed by atoms with Crippen molar-refractivity contribution >= 4 is 34.2 Å². The first-order valence-corrected chi connectivity index (χ1v) is 11.6. The van der Waals surface area contributed by atoms with E-state index in [-0.39, 0.29) is 11.8 Å². The Bertz CT molecular complexity index is 1410. The number of amides is 2. The first kappa shape index (κ1) is 22.7. The Morgan fingerprint density at radius 3 is 2.74 bits per heavy atom. The van der Waals surface area contributed by atoms with Crippen molar-refractivity contribution in [2.45, 2.75) is 32.7 Å². The molecule has 35 heavy (non-hydrogen) atoms. The third-order valence-electron chi connectivity index (χ3n) is 6.48. The quantitative estimate of drug-likeness (QED) is 0.396. The van der Waals surface area contributed by atoms with Gasteiger partial charge in [-0.3, -0.25) is 19.5 Å². The van der Waals surface area contributed by atoms with Crippen molar-refractivity contribution in [2.24, 2.45) is 7.05 Å². The number of hydrogen-bond acceptors (Lipinski definition) is 6. The summed E-state index contributed by atoms with van der Waals surface area (Å²) in [7, 11) is 1.92. The van der Waals surface area contributed by atoms with Crippen LogP contribution in [0, 0.1) is 6.92 Å². The maximum Gasteiger partial charge on any atom is 0.257 e. The number of pyridine rings is 2. The van der Waals surface area contributed by atoms with Crippen LogP contribution in [0.3, 0.4) is 0 Å². The maximum atomic E-state index is 13.0. The molecule has 0 saturated carbocycles. The third kappa shape index (κ3) is 4.78. The fraction of sp³-hybridized carbons (Fsp3) is 0.320. The molecule has 10 heteroatoms. The van der Waals surface area contributed by atoms with Crippen LogP contribution in [0.15, 0.2) is 43.1 Å². The largest absolute Gasteiger partial charge is 0.338 e. The Hall–Kier alpha value is -4.05. The zero-order valence-corrected chi connectivity index (χ0v) is 20.0. The first-order valence-electron chi connectivity index (χ1n) is 11.6. The normalized spacial score (nSPS) is 16.0. The smallest absolute Gasteiger partial charge is 0.257 e. The molecule has 1 aliphatic rings. The van der Waals surface area contributed by atoms with Crippen LogP contribution in [-0.2, 0) is 11.8 Å². The van der Waals surface area contributed by atoms with E-state index in [1.165, 1.54) is 6.20 Å². The highest BCUT2D eigenvalue weighted by Crippen LogP contribution is 2.24. The van der Waals surface area contributed by atoms with Crippen LogP contribution < -0.4 is 10.6 Å². The summed E-state index contributed by atoms with van der Waals surface area (Å²) in [4.78, 5) is 43.8. The van der Waals surface area contributed by atoms with Gasteiger partial charge in [-0.2, -0.15) is 0 Å². The van der Waals surface area contributed by atoms with Gasteiger partial charge < -0.3 is 20.2 Å². The second-order valence-corrected chi connectivity index (χ2v) is 9.06. The van der Waals surface area contributed by atoms with Crippen LogP contribution in [-0.4, -0.2) is 60.3 Å². The average Bonchev–Trinajstić information content (AvgIpc) is 3.55. The molecule has 1 fully saturated rings. The van der Waals surface area contributed by atoms with Crippen molar-refractivity contribution in [3.05, 3.63) is 54.4 Å². The van der Waals surface area contributed by atoms with E-state index in [9.17, 15) is 9.59 Å². The average molecular weight is 473 g/mol. The van der Waals surface area contributed by atoms with Gasteiger partial charge in [0.05, 0.1) is 59.3 Å². The Morgan fingerprint density at radius 2 is 2.00 bits per heavy atom. The lowest BCUT2D eigenvalue weighted by atomic mass is 10.2. The summed E-state index contributed by atoms with van der Waals surface area (Å²) in [5, 5.41) is 6.62. The van der Waals surface area contributed by atoms with Crippen molar-refractivity contribution in [3.8, 4) is 11.4 Å². The number of carbonyl (C=O) groups excluding carboxylic acids is 2. The van der Waals surface area contributed by atoms with E-state index >= 15 is 0 Å². The van der Waals surface area contributed by atoms with Crippen molar-refractivity contribution in [3.63, 3.8) is 0 Å². The molecule has 0 bridgehead atoms. The number of anilines is 2. The number of likely N-dealkylation sites (tertiary alicyclic amines) is 1. The molecule has 1 aliphatic heterocycles. The number of aryl methyl sites for hydroxylation is 2. The minimum absolute atomic E-state index is 0.0898. The molecular formula is C25H28N8O2. The van der Waals surface area contributed by atoms with Gasteiger partial charge in [0, 0.05) is 24.7 Å². The highest BCUT2D eigenvalue weighted by molar-refractivity contribution is 6.06. The number of aromatic amines is 1. The molecule has 0 aliphatic carbocycles. The molecule has 2 amide bonds. The fourth-order valence-electron chi connectivity index (χ4n) is 4.43. The number of H-pyrrole nitrogens is 1. The lowest BCUT2D eigenvalue weighted by Crippen LogP contribution is -2.35. The Labute approximate surface area is 202 Å². The Morgan fingerprint density at radius 1 is 1.14 bits per heavy atom. The summed E-state index contributed by atoms with van der Waals surface area (Å²) in [6.45, 7) is 5.23. The summed E-state index contributed by atoms with van der Waals surface area (Å²) in [6.07, 6.45) is 8.86. The number of rotatable bonds is 6. The van der Waals surface area contributed by atoms with E-state index in [4.69, 9.17) is 0 Å². The van der Waals surface area contributed by atoms with E-state index in [1.807, 2.05) is 17.7 Å². The predicted molar refractivity (Wildman–Crippen MR) is 134 cm³/mol. The van der Waals surface area contributed by atoms with Crippen LogP contribution in [0.25, 0.3) is 22.4 Å². The molecule has 0 spiro atoms. The van der Waals surface area contributed by atoms with Crippen molar-refractivity contribution in [2.75, 3.05) is 23.7 Å². The monoisotopic (exact) mass is 472 g/mol. The van der Waals surface area contributed by atoms with Gasteiger partial charge in [-0.15, -0.1) is 0 Å². The van der Waals surface area contributed by atoms with Crippen molar-refractivity contribution in [1.82, 2.24) is 29.4 Å². The van der Waals surface area contributed by atoms with Gasteiger partial charge >= 0.3 is 0 Å². The van der Waals surface area contributed by atoms with Gasteiger partial charge in [0.25, 0.3) is 5.91 Å². The summed E-state index contributed by atoms with van der Waals surface area (Å²) in [5.74, 6) is -0.394. The topological polar surface area (TPSA) is 121 Å². The van der Waals surface area contributed by atoms with Crippen LogP contribution in [0.2, 0.25) is 0 Å². The highest BCUT2D eigenvalue weighted by Gasteiger charge is 2.22. The SMILES string of the molecule is Cc1ncc(NC(=O)CN2CCC[C@@H]2C)cc1NC(=O)c1cnc2[nH]c(-c3cncn3C)cc2c1. The highest BCUT2D eigenvalue weighted by atomic mass is 16.2. The number of imidazole rings is 1. The van der Waals surface area contributed by atoms with E-state index in [2.05, 4.69) is 42.4 Å². The lowest BCUT2D eigenvalue weighted by Gasteiger charge is -2.20. The molecule has 3 N–H and O–H groups in total. The standard InChI is InChI=1S/C25H28N8O2/c1-15-5-4-6-33(15)13-23(34)29-19-9-20(16(2)27-11-19)31-25(35)18-7-17-8-21(30-24(17)28-10-18)22-12-26-14-32(22)3/h7-12,14-15H,4-6,13H2,1-3H3,(H,28,30)(H,29,34)(H,31,35)/t15-/m0/s1. The number of nitrogens with zero attached hydrogens (tertiary/aromatic N) is 5. The maximum absolute atomic E-state index is 13.0. The van der Waals surface area contributed by atoms with E-state index in [0.29, 0.717) is 40.9 Å². The summed E-state index contributed by atoms with van der Waals surface area (Å²) in [5.41, 5.74) is 4.64. The van der Waals surface area contributed by atoms with Gasteiger partial charge in [-0.25, -0.2) is 9.97 Å². The number of carbonyl (C=O) groups is 2. The van der Waals surface area contributed by atoms with E-state index in [1.54, 1.807) is 37.8 Å². The number of nitrogens with one attached hydrogen (secondary N) is 3. The van der Waals surface area contributed by atoms with Crippen molar-refractivity contribution in [1.29, 1.82) is 0 Å². The fourth-order valence-corrected chi connectivity index (χ4v) is 4.43. The number of hydrogen-bond donors (Lipinski definition) is 3. The second kappa shape index (κ2) is 9.30. The number of aromatic nitrogens is 5. The molecule has 0 unspecified atom stereocenters. The van der Waals surface area contributed by atoms with E-state index < -0.39 is 0 Å². The molecule has 5 rings (SSSR count). The van der Waals surface area contributed by atoms with Gasteiger partial charge in [0.15, 0.2) is 0 Å². The van der Waals surface area contributed by atoms with Crippen LogP contribution in [0.4, 0.5) is 11.4 Å². The van der Waals surface area contributed by atoms with E-state index in [0.717, 1.165) is 36.2 Å². The summed E-state index contributed by atoms with van der Waals surface area (Å²) < 4.78 is 1.91. The summed E-state index contributed by atoms with van der Waals surface area (Å²) >= 11 is 0. The Balaban J connectivity index is 1.30. The molecule has 5 heterocycles. The molecular weight excluding hydrogens is 444 g/mol. The number of fused-ring (bicyclic) bond motifs is 1.